The van der Waals surface area contributed by atoms with Crippen LogP contribution in [0.4, 0.5) is 20.8 Å². The second-order valence-electron chi connectivity index (χ2n) is 27.1. The lowest BCUT2D eigenvalue weighted by atomic mass is 9.83. The van der Waals surface area contributed by atoms with Crippen LogP contribution < -0.4 is 24.6 Å². The lowest BCUT2D eigenvalue weighted by molar-refractivity contribution is -0.141. The number of amides is 3. The third-order valence-electron chi connectivity index (χ3n) is 19.1. The number of ether oxygens (including phenoxy) is 4. The zero-order chi connectivity index (χ0) is 64.0. The van der Waals surface area contributed by atoms with Gasteiger partial charge in [0.25, 0.3) is 0 Å². The number of methoxy groups -OCH3 is 1. The topological polar surface area (TPSA) is 214 Å². The first-order valence-corrected chi connectivity index (χ1v) is 33.3. The van der Waals surface area contributed by atoms with Gasteiger partial charge in [-0.2, -0.15) is 9.97 Å². The number of piperazine rings is 1. The molecule has 91 heavy (non-hydrogen) atoms. The van der Waals surface area contributed by atoms with Crippen LogP contribution in [-0.2, 0) is 25.5 Å². The van der Waals surface area contributed by atoms with Crippen molar-refractivity contribution < 1.29 is 47.4 Å². The van der Waals surface area contributed by atoms with Gasteiger partial charge in [-0.1, -0.05) is 68.4 Å². The zero-order valence-corrected chi connectivity index (χ0v) is 54.8. The van der Waals surface area contributed by atoms with Gasteiger partial charge < -0.3 is 48.6 Å². The van der Waals surface area contributed by atoms with E-state index < -0.39 is 29.5 Å². The number of hydrogen-bond acceptors (Lipinski definition) is 18. The summed E-state index contributed by atoms with van der Waals surface area (Å²) in [7, 11) is 1.56. The minimum atomic E-state index is -0.829. The number of fused-ring (bicyclic) bond motifs is 4. The van der Waals surface area contributed by atoms with E-state index in [1.165, 1.54) is 4.90 Å². The number of aliphatic hydroxyl groups is 1. The first kappa shape index (κ1) is 63.6. The number of rotatable bonds is 20. The number of aliphatic hydroxyl groups excluding tert-OH is 1. The summed E-state index contributed by atoms with van der Waals surface area (Å²) in [6, 6.07) is 18.4. The van der Waals surface area contributed by atoms with E-state index in [1.54, 1.807) is 24.6 Å². The molecule has 2 bridgehead atoms. The van der Waals surface area contributed by atoms with Crippen LogP contribution in [0.3, 0.4) is 0 Å². The van der Waals surface area contributed by atoms with E-state index in [4.69, 9.17) is 38.4 Å². The van der Waals surface area contributed by atoms with Crippen LogP contribution in [0.25, 0.3) is 43.4 Å². The van der Waals surface area contributed by atoms with Crippen molar-refractivity contribution in [3.05, 3.63) is 101 Å². The second kappa shape index (κ2) is 26.6. The number of nitrogens with one attached hydrogen (secondary N) is 1. The van der Waals surface area contributed by atoms with Crippen molar-refractivity contribution in [1.82, 2.24) is 45.1 Å². The quantitative estimate of drug-likeness (QED) is 0.0679. The highest BCUT2D eigenvalue weighted by molar-refractivity contribution is 7.13. The number of hydrogen-bond donors (Lipinski definition) is 2. The number of aromatic nitrogens is 5. The molecule has 3 amide bonds. The van der Waals surface area contributed by atoms with E-state index in [2.05, 4.69) is 44.0 Å². The van der Waals surface area contributed by atoms with Gasteiger partial charge in [-0.3, -0.25) is 24.4 Å². The average Bonchev–Trinajstić information content (AvgIpc) is 1.70. The van der Waals surface area contributed by atoms with Crippen LogP contribution in [0.2, 0.25) is 0 Å². The maximum absolute atomic E-state index is 17.7. The van der Waals surface area contributed by atoms with Crippen LogP contribution in [0, 0.1) is 30.5 Å². The number of halogens is 1. The molecular weight excluding hydrogens is 1180 g/mol. The molecule has 9 heterocycles. The Morgan fingerprint density at radius 2 is 1.64 bits per heavy atom. The van der Waals surface area contributed by atoms with Crippen LogP contribution in [0.1, 0.15) is 128 Å². The highest BCUT2D eigenvalue weighted by Crippen LogP contribution is 2.42. The van der Waals surface area contributed by atoms with Gasteiger partial charge in [-0.25, -0.2) is 14.2 Å². The van der Waals surface area contributed by atoms with Gasteiger partial charge in [0, 0.05) is 70.1 Å². The molecule has 7 aromatic rings. The Morgan fingerprint density at radius 1 is 0.890 bits per heavy atom. The van der Waals surface area contributed by atoms with Gasteiger partial charge in [-0.05, 0) is 151 Å². The van der Waals surface area contributed by atoms with Crippen molar-refractivity contribution in [1.29, 1.82) is 0 Å². The maximum atomic E-state index is 17.7. The molecular formula is C69H86FN11O9S. The number of carbonyl (C=O) groups is 3. The fourth-order valence-corrected chi connectivity index (χ4v) is 15.2. The van der Waals surface area contributed by atoms with E-state index in [1.807, 2.05) is 120 Å². The molecule has 0 radical (unpaired) electrons. The summed E-state index contributed by atoms with van der Waals surface area (Å²) in [6.07, 6.45) is 6.18. The highest BCUT2D eigenvalue weighted by atomic mass is 32.1. The Kier molecular flexibility index (Phi) is 18.6. The number of pyridine rings is 1. The van der Waals surface area contributed by atoms with Crippen molar-refractivity contribution in [2.75, 3.05) is 76.1 Å². The number of benzene rings is 3. The van der Waals surface area contributed by atoms with Gasteiger partial charge in [0.2, 0.25) is 11.8 Å². The summed E-state index contributed by atoms with van der Waals surface area (Å²) in [5.74, 6) is 1.21. The molecule has 22 heteroatoms. The Morgan fingerprint density at radius 3 is 2.32 bits per heavy atom. The Labute approximate surface area is 535 Å². The molecule has 0 spiro atoms. The third kappa shape index (κ3) is 13.4. The highest BCUT2D eigenvalue weighted by Gasteiger charge is 2.47. The lowest BCUT2D eigenvalue weighted by Crippen LogP contribution is -2.57. The van der Waals surface area contributed by atoms with Gasteiger partial charge in [0.05, 0.1) is 45.7 Å². The van der Waals surface area contributed by atoms with Gasteiger partial charge in [0.15, 0.2) is 24.2 Å². The van der Waals surface area contributed by atoms with Crippen LogP contribution in [0.15, 0.2) is 76.9 Å². The fourth-order valence-electron chi connectivity index (χ4n) is 14.4. The van der Waals surface area contributed by atoms with Gasteiger partial charge >= 0.3 is 12.1 Å². The number of piperidine rings is 1. The van der Waals surface area contributed by atoms with Gasteiger partial charge in [0.1, 0.15) is 46.9 Å². The molecule has 7 atom stereocenters. The third-order valence-corrected chi connectivity index (χ3v) is 20.1. The number of aryl methyl sites for hydroxylation is 2. The van der Waals surface area contributed by atoms with E-state index in [9.17, 15) is 19.5 Å². The largest absolute Gasteiger partial charge is 0.468 e. The SMILES string of the molecule is CCc1cccc2cc(OCOC)cc(-c3ncc4c(N5CC6CCC(C5)N6C(=O)OC(C)(C)C)nc(OC[C@H](C)N5CCC(CC6CN(c7cc([C@H](C(=O)N8C[C@H](O)C[C@H]8C(=O)N[C@@H](C)c8ccc(-c9scnc9C)cc8)C(C)C)on7)C6)CC5)nc4c3F)c12. The molecule has 5 fully saturated rings. The van der Waals surface area contributed by atoms with Gasteiger partial charge in [-0.15, -0.1) is 11.3 Å². The molecule has 0 aliphatic carbocycles. The number of β-amino-alcohol motifs (C(OH)–C–C–N with tert-alkyl or cyclic N) is 1. The molecule has 2 N–H and O–H groups in total. The fraction of sp³-hybridized carbons (Fsp3) is 0.536. The minimum Gasteiger partial charge on any atom is -0.468 e. The Hall–Kier alpha value is -7.53. The number of likely N-dealkylation sites (tertiary alicyclic amines) is 2. The zero-order valence-electron chi connectivity index (χ0n) is 54.0. The first-order valence-electron chi connectivity index (χ1n) is 32.4. The predicted molar refractivity (Wildman–Crippen MR) is 348 cm³/mol. The smallest absolute Gasteiger partial charge is 0.410 e. The molecule has 20 nitrogen and oxygen atoms in total. The summed E-state index contributed by atoms with van der Waals surface area (Å²) >= 11 is 1.59. The average molecular weight is 1260 g/mol. The Bertz CT molecular complexity index is 3750. The molecule has 5 aliphatic rings. The van der Waals surface area contributed by atoms with Crippen molar-refractivity contribution in [2.45, 2.75) is 155 Å². The van der Waals surface area contributed by atoms with Crippen LogP contribution in [0.5, 0.6) is 11.8 Å². The Balaban J connectivity index is 0.676. The van der Waals surface area contributed by atoms with Crippen molar-refractivity contribution >= 4 is 62.6 Å². The van der Waals surface area contributed by atoms with Crippen LogP contribution >= 0.6 is 11.3 Å². The molecule has 3 aromatic carbocycles. The monoisotopic (exact) mass is 1260 g/mol. The molecule has 5 aliphatic heterocycles. The summed E-state index contributed by atoms with van der Waals surface area (Å²) < 4.78 is 47.3. The van der Waals surface area contributed by atoms with E-state index in [0.29, 0.717) is 59.0 Å². The summed E-state index contributed by atoms with van der Waals surface area (Å²) in [6.45, 7) is 22.5. The molecule has 4 aromatic heterocycles. The lowest BCUT2D eigenvalue weighted by Gasteiger charge is -2.43. The summed E-state index contributed by atoms with van der Waals surface area (Å²) in [5.41, 5.74) is 6.04. The van der Waals surface area contributed by atoms with E-state index in [-0.39, 0.29) is 91.6 Å². The molecule has 12 rings (SSSR count). The number of anilines is 2. The van der Waals surface area contributed by atoms with E-state index in [0.717, 1.165) is 103 Å². The standard InChI is InChI=1S/C69H86FN11O9S/c1-11-45-13-12-14-48-26-52(88-38-86-10)28-53(59(45)48)61-60(70)62-54(30-71-61)64(79-33-49-19-20-50(34-79)81(49)68(85)89-69(7,8)9)75-67(74-62)87-36-40(4)77-23-21-43(22-24-77)25-44-31-78(32-44)57-29-56(90-76-57)58(39(2)3)66(84)80-35-51(82)27-55(80)65(83)73-41(5)46-15-17-47(18-16-46)63-42(6)72-37-91-63/h12-18,26,28-30,37,39-41,43-44,49-51,55,58,82H,11,19-25,27,31-36,38H2,1-10H3,(H,73,83)/t40-,41-,49?,50?,51+,55-,58+/m0/s1. The second-order valence-corrected chi connectivity index (χ2v) is 27.9. The van der Waals surface area contributed by atoms with Crippen molar-refractivity contribution in [3.8, 4) is 33.5 Å². The van der Waals surface area contributed by atoms with Crippen molar-refractivity contribution in [3.63, 3.8) is 0 Å². The van der Waals surface area contributed by atoms with Crippen LogP contribution in [-0.4, -0.2) is 165 Å². The number of carbonyl (C=O) groups excluding carboxylic acids is 3. The molecule has 2 unspecified atom stereocenters. The number of nitrogens with zero attached hydrogens (tertiary/aromatic N) is 10. The molecule has 5 saturated heterocycles. The first-order chi connectivity index (χ1) is 43.7. The predicted octanol–water partition coefficient (Wildman–Crippen LogP) is 11.1. The molecule has 0 saturated carbocycles. The normalized spacial score (nSPS) is 21.0. The maximum Gasteiger partial charge on any atom is 0.410 e. The molecule has 484 valence electrons. The number of thiazole rings is 1. The minimum absolute atomic E-state index is 0.0151. The summed E-state index contributed by atoms with van der Waals surface area (Å²) in [5, 5.41) is 20.7. The summed E-state index contributed by atoms with van der Waals surface area (Å²) in [4.78, 5) is 72.3. The van der Waals surface area contributed by atoms with Crippen molar-refractivity contribution in [2.24, 2.45) is 17.8 Å². The van der Waals surface area contributed by atoms with E-state index >= 15 is 4.39 Å².